The Bertz CT molecular complexity index is 460. The minimum Gasteiger partial charge on any atom is -0.387 e. The second-order valence-electron chi connectivity index (χ2n) is 6.37. The van der Waals surface area contributed by atoms with Gasteiger partial charge in [0.15, 0.2) is 0 Å². The van der Waals surface area contributed by atoms with Gasteiger partial charge in [0.2, 0.25) is 0 Å². The highest BCUT2D eigenvalue weighted by molar-refractivity contribution is 5.32. The second-order valence-corrected chi connectivity index (χ2v) is 6.37. The van der Waals surface area contributed by atoms with Crippen molar-refractivity contribution >= 4 is 0 Å². The van der Waals surface area contributed by atoms with Crippen LogP contribution in [0.3, 0.4) is 0 Å². The summed E-state index contributed by atoms with van der Waals surface area (Å²) in [5, 5.41) is 10.5. The highest BCUT2D eigenvalue weighted by Gasteiger charge is 2.31. The number of aliphatic hydroxyl groups excluding tert-OH is 1. The van der Waals surface area contributed by atoms with Gasteiger partial charge in [0, 0.05) is 20.2 Å². The van der Waals surface area contributed by atoms with Crippen molar-refractivity contribution in [2.24, 2.45) is 0 Å². The van der Waals surface area contributed by atoms with Crippen molar-refractivity contribution in [3.63, 3.8) is 0 Å². The van der Waals surface area contributed by atoms with Gasteiger partial charge in [0.1, 0.15) is 0 Å². The molecule has 2 unspecified atom stereocenters. The Hall–Kier alpha value is -0.900. The maximum Gasteiger partial charge on any atom is 0.0919 e. The molecular formula is C17H27NO2. The molecule has 2 atom stereocenters. The standard InChI is InChI=1S/C17H27NO2/c1-13-6-7-14(2)15(10-13)16(19)11-18-9-5-8-17(3,12-18)20-4/h6-7,10,16,19H,5,8-9,11-12H2,1-4H3. The van der Waals surface area contributed by atoms with Crippen molar-refractivity contribution in [1.82, 2.24) is 4.90 Å². The quantitative estimate of drug-likeness (QED) is 0.918. The first kappa shape index (κ1) is 15.5. The number of likely N-dealkylation sites (tertiary alicyclic amines) is 1. The van der Waals surface area contributed by atoms with Gasteiger partial charge >= 0.3 is 0 Å². The summed E-state index contributed by atoms with van der Waals surface area (Å²) in [4.78, 5) is 2.32. The molecule has 112 valence electrons. The van der Waals surface area contributed by atoms with Crippen LogP contribution in [-0.2, 0) is 4.74 Å². The summed E-state index contributed by atoms with van der Waals surface area (Å²) in [6, 6.07) is 6.28. The Balaban J connectivity index is 2.04. The lowest BCUT2D eigenvalue weighted by molar-refractivity contribution is -0.0587. The third-order valence-electron chi connectivity index (χ3n) is 4.46. The van der Waals surface area contributed by atoms with Gasteiger partial charge in [-0.25, -0.2) is 0 Å². The van der Waals surface area contributed by atoms with Crippen LogP contribution in [0.5, 0.6) is 0 Å². The number of benzene rings is 1. The molecule has 1 aliphatic rings. The first-order valence-corrected chi connectivity index (χ1v) is 7.46. The van der Waals surface area contributed by atoms with Crippen LogP contribution in [-0.4, -0.2) is 42.4 Å². The predicted octanol–water partition coefficient (Wildman–Crippen LogP) is 2.84. The Kier molecular flexibility index (Phi) is 4.84. The number of aliphatic hydroxyl groups is 1. The van der Waals surface area contributed by atoms with Crippen molar-refractivity contribution in [1.29, 1.82) is 0 Å². The predicted molar refractivity (Wildman–Crippen MR) is 82.0 cm³/mol. The number of rotatable bonds is 4. The minimum atomic E-state index is -0.422. The topological polar surface area (TPSA) is 32.7 Å². The van der Waals surface area contributed by atoms with Gasteiger partial charge in [-0.05, 0) is 51.3 Å². The number of nitrogens with zero attached hydrogens (tertiary/aromatic N) is 1. The molecule has 1 aromatic rings. The molecule has 1 aliphatic heterocycles. The maximum atomic E-state index is 10.5. The highest BCUT2D eigenvalue weighted by Crippen LogP contribution is 2.26. The van der Waals surface area contributed by atoms with Crippen LogP contribution in [0.15, 0.2) is 18.2 Å². The fraction of sp³-hybridized carbons (Fsp3) is 0.647. The lowest BCUT2D eigenvalue weighted by atomic mass is 9.93. The molecule has 20 heavy (non-hydrogen) atoms. The van der Waals surface area contributed by atoms with Crippen LogP contribution in [0, 0.1) is 13.8 Å². The molecule has 1 heterocycles. The van der Waals surface area contributed by atoms with E-state index in [2.05, 4.69) is 43.9 Å². The van der Waals surface area contributed by atoms with Crippen LogP contribution >= 0.6 is 0 Å². The van der Waals surface area contributed by atoms with Crippen LogP contribution in [0.4, 0.5) is 0 Å². The number of ether oxygens (including phenoxy) is 1. The zero-order valence-electron chi connectivity index (χ0n) is 13.1. The molecule has 3 nitrogen and oxygen atoms in total. The molecule has 0 bridgehead atoms. The molecule has 1 N–H and O–H groups in total. The number of hydrogen-bond donors (Lipinski definition) is 1. The van der Waals surface area contributed by atoms with E-state index in [0.717, 1.165) is 37.1 Å². The Morgan fingerprint density at radius 1 is 1.40 bits per heavy atom. The highest BCUT2D eigenvalue weighted by atomic mass is 16.5. The zero-order chi connectivity index (χ0) is 14.8. The lowest BCUT2D eigenvalue weighted by Gasteiger charge is -2.40. The van der Waals surface area contributed by atoms with E-state index in [9.17, 15) is 5.11 Å². The summed E-state index contributed by atoms with van der Waals surface area (Å²) in [5.41, 5.74) is 3.34. The molecule has 0 radical (unpaired) electrons. The van der Waals surface area contributed by atoms with E-state index in [1.54, 1.807) is 7.11 Å². The fourth-order valence-electron chi connectivity index (χ4n) is 3.09. The normalized spacial score (nSPS) is 25.6. The lowest BCUT2D eigenvalue weighted by Crippen LogP contribution is -2.48. The maximum absolute atomic E-state index is 10.5. The Labute approximate surface area is 122 Å². The molecule has 1 saturated heterocycles. The third kappa shape index (κ3) is 3.60. The number of hydrogen-bond acceptors (Lipinski definition) is 3. The van der Waals surface area contributed by atoms with Gasteiger partial charge in [-0.1, -0.05) is 23.8 Å². The minimum absolute atomic E-state index is 0.0698. The monoisotopic (exact) mass is 277 g/mol. The van der Waals surface area contributed by atoms with Crippen LogP contribution < -0.4 is 0 Å². The summed E-state index contributed by atoms with van der Waals surface area (Å²) < 4.78 is 5.62. The van der Waals surface area contributed by atoms with Gasteiger partial charge in [0.25, 0.3) is 0 Å². The average Bonchev–Trinajstić information content (AvgIpc) is 2.41. The average molecular weight is 277 g/mol. The largest absolute Gasteiger partial charge is 0.387 e. The summed E-state index contributed by atoms with van der Waals surface area (Å²) in [6.07, 6.45) is 1.80. The molecule has 0 aromatic heterocycles. The van der Waals surface area contributed by atoms with Crippen LogP contribution in [0.25, 0.3) is 0 Å². The zero-order valence-corrected chi connectivity index (χ0v) is 13.1. The van der Waals surface area contributed by atoms with E-state index < -0.39 is 6.10 Å². The van der Waals surface area contributed by atoms with Crippen molar-refractivity contribution < 1.29 is 9.84 Å². The van der Waals surface area contributed by atoms with Crippen molar-refractivity contribution in [3.8, 4) is 0 Å². The van der Waals surface area contributed by atoms with E-state index >= 15 is 0 Å². The molecule has 0 saturated carbocycles. The first-order chi connectivity index (χ1) is 9.43. The van der Waals surface area contributed by atoms with Crippen LogP contribution in [0.1, 0.15) is 42.6 Å². The number of piperidine rings is 1. The number of aryl methyl sites for hydroxylation is 2. The molecule has 3 heteroatoms. The Morgan fingerprint density at radius 3 is 2.85 bits per heavy atom. The molecular weight excluding hydrogens is 250 g/mol. The van der Waals surface area contributed by atoms with Crippen LogP contribution in [0.2, 0.25) is 0 Å². The molecule has 1 fully saturated rings. The fourth-order valence-corrected chi connectivity index (χ4v) is 3.09. The number of methoxy groups -OCH3 is 1. The molecule has 1 aromatic carbocycles. The van der Waals surface area contributed by atoms with Gasteiger partial charge < -0.3 is 9.84 Å². The summed E-state index contributed by atoms with van der Waals surface area (Å²) in [5.74, 6) is 0. The Morgan fingerprint density at radius 2 is 2.15 bits per heavy atom. The van der Waals surface area contributed by atoms with Crippen molar-refractivity contribution in [3.05, 3.63) is 34.9 Å². The van der Waals surface area contributed by atoms with Crippen molar-refractivity contribution in [2.75, 3.05) is 26.7 Å². The van der Waals surface area contributed by atoms with Gasteiger partial charge in [-0.2, -0.15) is 0 Å². The molecule has 2 rings (SSSR count). The molecule has 0 amide bonds. The van der Waals surface area contributed by atoms with Gasteiger partial charge in [-0.15, -0.1) is 0 Å². The molecule has 0 aliphatic carbocycles. The summed E-state index contributed by atoms with van der Waals surface area (Å²) in [7, 11) is 1.78. The van der Waals surface area contributed by atoms with E-state index in [0.29, 0.717) is 6.54 Å². The van der Waals surface area contributed by atoms with Gasteiger partial charge in [0.05, 0.1) is 11.7 Å². The van der Waals surface area contributed by atoms with E-state index in [-0.39, 0.29) is 5.60 Å². The van der Waals surface area contributed by atoms with Gasteiger partial charge in [-0.3, -0.25) is 4.90 Å². The number of β-amino-alcohol motifs (C(OH)–C–C–N with tert-alkyl or cyclic N) is 1. The summed E-state index contributed by atoms with van der Waals surface area (Å²) in [6.45, 7) is 8.91. The summed E-state index contributed by atoms with van der Waals surface area (Å²) >= 11 is 0. The first-order valence-electron chi connectivity index (χ1n) is 7.46. The van der Waals surface area contributed by atoms with E-state index in [4.69, 9.17) is 4.74 Å². The van der Waals surface area contributed by atoms with E-state index in [1.165, 1.54) is 5.56 Å². The second kappa shape index (κ2) is 6.25. The molecule has 0 spiro atoms. The SMILES string of the molecule is COC1(C)CCCN(CC(O)c2cc(C)ccc2C)C1. The van der Waals surface area contributed by atoms with Crippen molar-refractivity contribution in [2.45, 2.75) is 45.3 Å². The van der Waals surface area contributed by atoms with E-state index in [1.807, 2.05) is 0 Å². The third-order valence-corrected chi connectivity index (χ3v) is 4.46. The smallest absolute Gasteiger partial charge is 0.0919 e.